The first-order valence-electron chi connectivity index (χ1n) is 6.04. The average molecular weight is 210 g/mol. The fourth-order valence-corrected chi connectivity index (χ4v) is 3.38. The van der Waals surface area contributed by atoms with Gasteiger partial charge in [0.05, 0.1) is 0 Å². The summed E-state index contributed by atoms with van der Waals surface area (Å²) in [4.78, 5) is 0. The number of rotatable bonds is 0. The average Bonchev–Trinajstić information content (AvgIpc) is 2.54. The van der Waals surface area contributed by atoms with Gasteiger partial charge >= 0.3 is 0 Å². The first kappa shape index (κ1) is 9.89. The summed E-state index contributed by atoms with van der Waals surface area (Å²) >= 11 is 0. The van der Waals surface area contributed by atoms with Crippen molar-refractivity contribution in [2.75, 3.05) is 0 Å². The number of allylic oxidation sites excluding steroid dienone is 3. The van der Waals surface area contributed by atoms with Gasteiger partial charge in [0.1, 0.15) is 0 Å². The maximum absolute atomic E-state index is 2.40. The minimum absolute atomic E-state index is 0.200. The van der Waals surface area contributed by atoms with E-state index in [0.717, 1.165) is 6.42 Å². The maximum Gasteiger partial charge on any atom is 0.0185 e. The predicted molar refractivity (Wildman–Crippen MR) is 69.3 cm³/mol. The molecule has 1 atom stereocenters. The van der Waals surface area contributed by atoms with Gasteiger partial charge in [-0.2, -0.15) is 0 Å². The van der Waals surface area contributed by atoms with Crippen LogP contribution in [0.3, 0.4) is 0 Å². The highest BCUT2D eigenvalue weighted by molar-refractivity contribution is 5.71. The van der Waals surface area contributed by atoms with E-state index in [1.54, 1.807) is 5.57 Å². The van der Waals surface area contributed by atoms with Crippen molar-refractivity contribution in [3.8, 4) is 0 Å². The van der Waals surface area contributed by atoms with Crippen molar-refractivity contribution in [1.82, 2.24) is 0 Å². The summed E-state index contributed by atoms with van der Waals surface area (Å²) in [5, 5.41) is 0. The molecule has 0 bridgehead atoms. The predicted octanol–water partition coefficient (Wildman–Crippen LogP) is 4.33. The molecule has 1 aromatic rings. The van der Waals surface area contributed by atoms with Crippen molar-refractivity contribution in [3.63, 3.8) is 0 Å². The van der Waals surface area contributed by atoms with Crippen molar-refractivity contribution >= 4 is 6.08 Å². The molecule has 0 spiro atoms. The second-order valence-electron chi connectivity index (χ2n) is 5.81. The van der Waals surface area contributed by atoms with E-state index in [9.17, 15) is 0 Å². The van der Waals surface area contributed by atoms with Gasteiger partial charge in [0.25, 0.3) is 0 Å². The van der Waals surface area contributed by atoms with E-state index < -0.39 is 0 Å². The van der Waals surface area contributed by atoms with Gasteiger partial charge in [-0.1, -0.05) is 63.3 Å². The van der Waals surface area contributed by atoms with E-state index in [1.807, 2.05) is 0 Å². The first-order chi connectivity index (χ1) is 7.54. The molecule has 1 aromatic carbocycles. The summed E-state index contributed by atoms with van der Waals surface area (Å²) in [5.41, 5.74) is 4.92. The van der Waals surface area contributed by atoms with Crippen LogP contribution >= 0.6 is 0 Å². The van der Waals surface area contributed by atoms with E-state index in [1.165, 1.54) is 11.1 Å². The fraction of sp³-hybridized carbons (Fsp3) is 0.375. The van der Waals surface area contributed by atoms with Gasteiger partial charge in [-0.15, -0.1) is 0 Å². The van der Waals surface area contributed by atoms with Gasteiger partial charge in [0.2, 0.25) is 0 Å². The number of benzene rings is 1. The van der Waals surface area contributed by atoms with Crippen LogP contribution in [0.5, 0.6) is 0 Å². The number of hydrogen-bond donors (Lipinski definition) is 0. The quantitative estimate of drug-likeness (QED) is 0.559. The van der Waals surface area contributed by atoms with Crippen molar-refractivity contribution in [2.45, 2.75) is 32.6 Å². The van der Waals surface area contributed by atoms with Crippen molar-refractivity contribution in [1.29, 1.82) is 0 Å². The zero-order chi connectivity index (χ0) is 11.4. The molecule has 0 amide bonds. The summed E-state index contributed by atoms with van der Waals surface area (Å²) in [6.07, 6.45) is 8.24. The van der Waals surface area contributed by atoms with Gasteiger partial charge in [-0.05, 0) is 23.1 Å². The van der Waals surface area contributed by atoms with Crippen LogP contribution < -0.4 is 0 Å². The van der Waals surface area contributed by atoms with E-state index in [2.05, 4.69) is 63.3 Å². The highest BCUT2D eigenvalue weighted by atomic mass is 14.5. The van der Waals surface area contributed by atoms with Crippen molar-refractivity contribution < 1.29 is 0 Å². The van der Waals surface area contributed by atoms with Crippen LogP contribution in [0.2, 0.25) is 0 Å². The lowest BCUT2D eigenvalue weighted by molar-refractivity contribution is 0.423. The van der Waals surface area contributed by atoms with Gasteiger partial charge < -0.3 is 0 Å². The molecule has 0 heterocycles. The molecule has 0 heteroatoms. The Morgan fingerprint density at radius 1 is 1.06 bits per heavy atom. The molecule has 0 aliphatic heterocycles. The van der Waals surface area contributed by atoms with Crippen molar-refractivity contribution in [3.05, 3.63) is 53.1 Å². The fourth-order valence-electron chi connectivity index (χ4n) is 3.38. The second-order valence-corrected chi connectivity index (χ2v) is 5.81. The molecule has 0 N–H and O–H groups in total. The second kappa shape index (κ2) is 2.88. The van der Waals surface area contributed by atoms with Crippen molar-refractivity contribution in [2.24, 2.45) is 5.41 Å². The Balaban J connectivity index is 2.26. The molecule has 2 aliphatic carbocycles. The van der Waals surface area contributed by atoms with Gasteiger partial charge in [-0.3, -0.25) is 0 Å². The lowest BCUT2D eigenvalue weighted by Gasteiger charge is -2.40. The molecule has 3 rings (SSSR count). The number of fused-ring (bicyclic) bond motifs is 3. The lowest BCUT2D eigenvalue weighted by Crippen LogP contribution is -2.32. The summed E-state index contributed by atoms with van der Waals surface area (Å²) < 4.78 is 0. The molecule has 0 aromatic heterocycles. The van der Waals surface area contributed by atoms with Gasteiger partial charge in [0, 0.05) is 10.8 Å². The molecule has 0 fully saturated rings. The lowest BCUT2D eigenvalue weighted by atomic mass is 9.63. The Hall–Kier alpha value is -1.30. The minimum Gasteiger partial charge on any atom is -0.0865 e. The molecule has 0 saturated carbocycles. The van der Waals surface area contributed by atoms with E-state index in [-0.39, 0.29) is 10.8 Å². The van der Waals surface area contributed by atoms with E-state index in [4.69, 9.17) is 0 Å². The maximum atomic E-state index is 2.40. The zero-order valence-corrected chi connectivity index (χ0v) is 10.2. The molecular formula is C16H18. The molecule has 2 aliphatic rings. The molecule has 0 radical (unpaired) electrons. The molecule has 16 heavy (non-hydrogen) atoms. The Bertz CT molecular complexity index is 503. The zero-order valence-electron chi connectivity index (χ0n) is 10.2. The third-order valence-electron chi connectivity index (χ3n) is 4.20. The molecule has 0 nitrogen and oxygen atoms in total. The number of hydrogen-bond acceptors (Lipinski definition) is 0. The Morgan fingerprint density at radius 3 is 2.62 bits per heavy atom. The Labute approximate surface area is 97.7 Å². The van der Waals surface area contributed by atoms with Crippen LogP contribution in [0.15, 0.2) is 42.0 Å². The third kappa shape index (κ3) is 1.10. The Morgan fingerprint density at radius 2 is 1.81 bits per heavy atom. The standard InChI is InChI=1S/C16H18/c1-15(2)9-6-10-16(3)13-8-5-4-7-12(13)11-14(15)16/h4-9,11H,10H2,1-3H3/t16-/m0/s1. The van der Waals surface area contributed by atoms with Gasteiger partial charge in [-0.25, -0.2) is 0 Å². The Kier molecular flexibility index (Phi) is 1.78. The summed E-state index contributed by atoms with van der Waals surface area (Å²) in [6, 6.07) is 8.82. The first-order valence-corrected chi connectivity index (χ1v) is 6.04. The summed E-state index contributed by atoms with van der Waals surface area (Å²) in [7, 11) is 0. The highest BCUT2D eigenvalue weighted by Gasteiger charge is 2.43. The highest BCUT2D eigenvalue weighted by Crippen LogP contribution is 2.54. The van der Waals surface area contributed by atoms with E-state index >= 15 is 0 Å². The van der Waals surface area contributed by atoms with Gasteiger partial charge in [0.15, 0.2) is 0 Å². The normalized spacial score (nSPS) is 29.6. The third-order valence-corrected chi connectivity index (χ3v) is 4.20. The van der Waals surface area contributed by atoms with Crippen LogP contribution in [-0.2, 0) is 5.41 Å². The topological polar surface area (TPSA) is 0 Å². The molecule has 82 valence electrons. The summed E-state index contributed by atoms with van der Waals surface area (Å²) in [6.45, 7) is 7.02. The molecular weight excluding hydrogens is 192 g/mol. The van der Waals surface area contributed by atoms with Crippen LogP contribution in [0.1, 0.15) is 38.3 Å². The minimum atomic E-state index is 0.200. The van der Waals surface area contributed by atoms with Crippen LogP contribution in [0.25, 0.3) is 6.08 Å². The van der Waals surface area contributed by atoms with E-state index in [0.29, 0.717) is 0 Å². The molecule has 0 saturated heterocycles. The largest absolute Gasteiger partial charge is 0.0865 e. The smallest absolute Gasteiger partial charge is 0.0185 e. The SMILES string of the molecule is CC1(C)C=CC[C@]2(C)C1=Cc1ccccc12. The van der Waals surface area contributed by atoms with Crippen LogP contribution in [0.4, 0.5) is 0 Å². The monoisotopic (exact) mass is 210 g/mol. The summed E-state index contributed by atoms with van der Waals surface area (Å²) in [5.74, 6) is 0. The van der Waals surface area contributed by atoms with Crippen LogP contribution in [-0.4, -0.2) is 0 Å². The van der Waals surface area contributed by atoms with Crippen LogP contribution in [0, 0.1) is 5.41 Å². The molecule has 0 unspecified atom stereocenters.